The van der Waals surface area contributed by atoms with Gasteiger partial charge in [0.25, 0.3) is 11.5 Å². The van der Waals surface area contributed by atoms with Gasteiger partial charge in [0.05, 0.1) is 34.5 Å². The molecule has 190 valence electrons. The molecule has 0 fully saturated rings. The van der Waals surface area contributed by atoms with Crippen molar-refractivity contribution in [3.8, 4) is 11.3 Å². The quantitative estimate of drug-likeness (QED) is 0.355. The lowest BCUT2D eigenvalue weighted by molar-refractivity contribution is 0.0824. The van der Waals surface area contributed by atoms with Crippen molar-refractivity contribution in [1.29, 1.82) is 0 Å². The maximum Gasteiger partial charge on any atom is 0.275 e. The van der Waals surface area contributed by atoms with Crippen molar-refractivity contribution in [2.24, 2.45) is 14.1 Å². The number of carbonyl (C=O) groups is 1. The van der Waals surface area contributed by atoms with E-state index in [0.29, 0.717) is 27.4 Å². The van der Waals surface area contributed by atoms with Crippen LogP contribution in [-0.2, 0) is 14.1 Å². The van der Waals surface area contributed by atoms with Crippen LogP contribution < -0.4 is 10.9 Å². The number of nitrogens with one attached hydrogen (secondary N) is 1. The van der Waals surface area contributed by atoms with E-state index in [9.17, 15) is 9.59 Å². The van der Waals surface area contributed by atoms with E-state index in [1.54, 1.807) is 44.4 Å². The van der Waals surface area contributed by atoms with Gasteiger partial charge in [-0.3, -0.25) is 23.2 Å². The molecule has 1 atom stereocenters. The fourth-order valence-electron chi connectivity index (χ4n) is 4.66. The van der Waals surface area contributed by atoms with Gasteiger partial charge in [0.15, 0.2) is 11.3 Å². The van der Waals surface area contributed by atoms with Crippen LogP contribution in [0.5, 0.6) is 0 Å². The normalized spacial score (nSPS) is 12.3. The summed E-state index contributed by atoms with van der Waals surface area (Å²) in [6.45, 7) is 3.97. The Kier molecular flexibility index (Phi) is 5.99. The summed E-state index contributed by atoms with van der Waals surface area (Å²) >= 11 is 6.23. The average molecular weight is 519 g/mol. The third-order valence-corrected chi connectivity index (χ3v) is 6.62. The maximum atomic E-state index is 13.5. The van der Waals surface area contributed by atoms with Crippen LogP contribution in [0.3, 0.4) is 0 Å². The molecule has 0 saturated carbocycles. The van der Waals surface area contributed by atoms with Gasteiger partial charge in [-0.15, -0.1) is 0 Å². The molecule has 4 heterocycles. The van der Waals surface area contributed by atoms with Gasteiger partial charge >= 0.3 is 0 Å². The standard InChI is InChI=1S/C26H27ClN8O2/c1-14-9-17(15(2)30-19-7-8-20(27)31-21(19)16-11-29-33(5)12-16)23-18(10-14)25(36)34(6)24-22(26(37)32(3)4)28-13-35(23)24/h7-13,15,30H,1-6H3. The lowest BCUT2D eigenvalue weighted by atomic mass is 10.0. The molecule has 10 nitrogen and oxygen atoms in total. The van der Waals surface area contributed by atoms with Gasteiger partial charge in [-0.2, -0.15) is 5.10 Å². The molecule has 0 spiro atoms. The summed E-state index contributed by atoms with van der Waals surface area (Å²) in [5.74, 6) is -0.273. The van der Waals surface area contributed by atoms with E-state index in [-0.39, 0.29) is 23.2 Å². The molecule has 0 aliphatic rings. The van der Waals surface area contributed by atoms with Crippen LogP contribution in [0.1, 0.15) is 34.6 Å². The van der Waals surface area contributed by atoms with Crippen LogP contribution >= 0.6 is 11.6 Å². The summed E-state index contributed by atoms with van der Waals surface area (Å²) in [4.78, 5) is 36.7. The van der Waals surface area contributed by atoms with Crippen molar-refractivity contribution >= 4 is 39.7 Å². The second kappa shape index (κ2) is 9.04. The van der Waals surface area contributed by atoms with E-state index < -0.39 is 0 Å². The van der Waals surface area contributed by atoms with Gasteiger partial charge in [-0.05, 0) is 43.2 Å². The number of aryl methyl sites for hydroxylation is 3. The molecule has 0 aliphatic carbocycles. The Morgan fingerprint density at radius 2 is 1.95 bits per heavy atom. The van der Waals surface area contributed by atoms with Crippen molar-refractivity contribution in [3.05, 3.63) is 75.3 Å². The number of hydrogen-bond donors (Lipinski definition) is 1. The second-order valence-electron chi connectivity index (χ2n) is 9.40. The number of benzene rings is 1. The van der Waals surface area contributed by atoms with Crippen LogP contribution in [0.2, 0.25) is 5.15 Å². The first-order valence-corrected chi connectivity index (χ1v) is 12.1. The first-order valence-electron chi connectivity index (χ1n) is 11.7. The van der Waals surface area contributed by atoms with Crippen LogP contribution in [0.15, 0.2) is 47.8 Å². The number of pyridine rings is 1. The predicted molar refractivity (Wildman–Crippen MR) is 144 cm³/mol. The SMILES string of the molecule is Cc1cc(C(C)Nc2ccc(Cl)nc2-c2cnn(C)c2)c2c(c1)c(=O)n(C)c1c(C(=O)N(C)C)ncn21. The van der Waals surface area contributed by atoms with Crippen molar-refractivity contribution < 1.29 is 4.79 Å². The third-order valence-electron chi connectivity index (χ3n) is 6.41. The van der Waals surface area contributed by atoms with Gasteiger partial charge in [0, 0.05) is 40.0 Å². The molecule has 0 radical (unpaired) electrons. The van der Waals surface area contributed by atoms with Crippen molar-refractivity contribution in [2.75, 3.05) is 19.4 Å². The summed E-state index contributed by atoms with van der Waals surface area (Å²) in [7, 11) is 6.82. The van der Waals surface area contributed by atoms with E-state index in [1.807, 2.05) is 49.7 Å². The van der Waals surface area contributed by atoms with Gasteiger partial charge in [-0.1, -0.05) is 17.7 Å². The summed E-state index contributed by atoms with van der Waals surface area (Å²) < 4.78 is 5.01. The summed E-state index contributed by atoms with van der Waals surface area (Å²) in [6.07, 6.45) is 5.21. The number of carbonyl (C=O) groups excluding carboxylic acids is 1. The summed E-state index contributed by atoms with van der Waals surface area (Å²) in [5.41, 5.74) is 5.26. The molecule has 11 heteroatoms. The Labute approximate surface area is 218 Å². The molecule has 1 aromatic carbocycles. The number of rotatable bonds is 5. The smallest absolute Gasteiger partial charge is 0.275 e. The Hall–Kier alpha value is -4.18. The van der Waals surface area contributed by atoms with Crippen LogP contribution in [-0.4, -0.2) is 53.6 Å². The minimum atomic E-state index is -0.273. The maximum absolute atomic E-state index is 13.5. The van der Waals surface area contributed by atoms with Gasteiger partial charge < -0.3 is 10.2 Å². The number of hydrogen-bond acceptors (Lipinski definition) is 6. The van der Waals surface area contributed by atoms with Crippen LogP contribution in [0, 0.1) is 6.92 Å². The van der Waals surface area contributed by atoms with E-state index in [2.05, 4.69) is 20.4 Å². The zero-order valence-electron chi connectivity index (χ0n) is 21.4. The highest BCUT2D eigenvalue weighted by molar-refractivity contribution is 6.29. The number of nitrogens with zero attached hydrogens (tertiary/aromatic N) is 7. The molecule has 4 aromatic heterocycles. The number of imidazole rings is 1. The van der Waals surface area contributed by atoms with E-state index in [4.69, 9.17) is 11.6 Å². The average Bonchev–Trinajstić information content (AvgIpc) is 3.49. The van der Waals surface area contributed by atoms with Crippen molar-refractivity contribution in [3.63, 3.8) is 0 Å². The van der Waals surface area contributed by atoms with E-state index >= 15 is 0 Å². The van der Waals surface area contributed by atoms with E-state index in [0.717, 1.165) is 22.4 Å². The third kappa shape index (κ3) is 4.13. The minimum Gasteiger partial charge on any atom is -0.377 e. The van der Waals surface area contributed by atoms with Crippen LogP contribution in [0.4, 0.5) is 5.69 Å². The van der Waals surface area contributed by atoms with Crippen LogP contribution in [0.25, 0.3) is 27.8 Å². The molecule has 0 saturated heterocycles. The van der Waals surface area contributed by atoms with Gasteiger partial charge in [0.2, 0.25) is 0 Å². The van der Waals surface area contributed by atoms with Gasteiger partial charge in [0.1, 0.15) is 11.5 Å². The Balaban J connectivity index is 1.71. The molecule has 0 bridgehead atoms. The fourth-order valence-corrected chi connectivity index (χ4v) is 4.81. The lowest BCUT2D eigenvalue weighted by Crippen LogP contribution is -2.26. The molecule has 5 rings (SSSR count). The first kappa shape index (κ1) is 24.5. The summed E-state index contributed by atoms with van der Waals surface area (Å²) in [6, 6.07) is 7.27. The topological polar surface area (TPSA) is 102 Å². The molecule has 1 amide bonds. The largest absolute Gasteiger partial charge is 0.377 e. The lowest BCUT2D eigenvalue weighted by Gasteiger charge is -2.21. The molecular formula is C26H27ClN8O2. The molecule has 0 aliphatic heterocycles. The first-order chi connectivity index (χ1) is 17.6. The number of halogens is 1. The Bertz CT molecular complexity index is 1750. The zero-order chi connectivity index (χ0) is 26.6. The number of fused-ring (bicyclic) bond motifs is 3. The monoisotopic (exact) mass is 518 g/mol. The highest BCUT2D eigenvalue weighted by atomic mass is 35.5. The number of aromatic nitrogens is 6. The summed E-state index contributed by atoms with van der Waals surface area (Å²) in [5, 5.41) is 8.73. The molecule has 1 N–H and O–H groups in total. The minimum absolute atomic E-state index is 0.197. The second-order valence-corrected chi connectivity index (χ2v) is 9.79. The van der Waals surface area contributed by atoms with Crippen molar-refractivity contribution in [2.45, 2.75) is 19.9 Å². The predicted octanol–water partition coefficient (Wildman–Crippen LogP) is 3.82. The number of anilines is 1. The molecule has 37 heavy (non-hydrogen) atoms. The Morgan fingerprint density at radius 1 is 1.19 bits per heavy atom. The van der Waals surface area contributed by atoms with E-state index in [1.165, 1.54) is 9.47 Å². The molecular weight excluding hydrogens is 492 g/mol. The van der Waals surface area contributed by atoms with Gasteiger partial charge in [-0.25, -0.2) is 9.97 Å². The Morgan fingerprint density at radius 3 is 2.62 bits per heavy atom. The molecule has 1 unspecified atom stereocenters. The zero-order valence-corrected chi connectivity index (χ0v) is 22.2. The highest BCUT2D eigenvalue weighted by Gasteiger charge is 2.23. The molecule has 5 aromatic rings. The fraction of sp³-hybridized carbons (Fsp3) is 0.269. The van der Waals surface area contributed by atoms with Crippen molar-refractivity contribution in [1.82, 2.24) is 33.6 Å². The number of amides is 1. The highest BCUT2D eigenvalue weighted by Crippen LogP contribution is 2.33.